The molecule has 0 radical (unpaired) electrons. The zero-order valence-corrected chi connectivity index (χ0v) is 21.5. The lowest BCUT2D eigenvalue weighted by atomic mass is 10.1. The van der Waals surface area contributed by atoms with Crippen LogP contribution in [0.15, 0.2) is 83.8 Å². The number of carbonyl (C=O) groups excluding carboxylic acids is 2. The number of hydrogen-bond acceptors (Lipinski definition) is 6. The molecule has 0 aliphatic heterocycles. The van der Waals surface area contributed by atoms with Crippen LogP contribution in [0.4, 0.5) is 11.4 Å². The molecule has 0 spiro atoms. The van der Waals surface area contributed by atoms with Crippen LogP contribution in [0.1, 0.15) is 18.1 Å². The number of nitro groups is 1. The number of likely N-dealkylation sites (N-methyl/N-ethyl adjacent to an activating group) is 1. The number of carbonyl (C=O) groups is 2. The van der Waals surface area contributed by atoms with Crippen LogP contribution in [0.5, 0.6) is 0 Å². The van der Waals surface area contributed by atoms with Gasteiger partial charge in [0.05, 0.1) is 15.5 Å². The van der Waals surface area contributed by atoms with Crippen LogP contribution in [0.2, 0.25) is 0 Å². The smallest absolute Gasteiger partial charge is 0.269 e. The Bertz CT molecular complexity index is 1380. The minimum Gasteiger partial charge on any atom is -0.357 e. The molecule has 37 heavy (non-hydrogen) atoms. The van der Waals surface area contributed by atoms with E-state index in [9.17, 15) is 28.1 Å². The Kier molecular flexibility index (Phi) is 8.61. The average Bonchev–Trinajstić information content (AvgIpc) is 2.89. The average molecular weight is 525 g/mol. The lowest BCUT2D eigenvalue weighted by Gasteiger charge is -2.31. The maximum absolute atomic E-state index is 13.7. The fourth-order valence-electron chi connectivity index (χ4n) is 3.79. The third kappa shape index (κ3) is 6.50. The number of sulfonamides is 1. The van der Waals surface area contributed by atoms with Gasteiger partial charge in [-0.25, -0.2) is 8.42 Å². The third-order valence-electron chi connectivity index (χ3n) is 5.81. The number of nitrogens with one attached hydrogen (secondary N) is 1. The van der Waals surface area contributed by atoms with Crippen molar-refractivity contribution < 1.29 is 22.9 Å². The van der Waals surface area contributed by atoms with Crippen molar-refractivity contribution in [1.82, 2.24) is 10.2 Å². The number of hydrogen-bond donors (Lipinski definition) is 1. The molecular weight excluding hydrogens is 496 g/mol. The molecule has 0 saturated heterocycles. The third-order valence-corrected chi connectivity index (χ3v) is 7.60. The van der Waals surface area contributed by atoms with Gasteiger partial charge in [-0.3, -0.25) is 24.0 Å². The first-order valence-corrected chi connectivity index (χ1v) is 12.9. The van der Waals surface area contributed by atoms with Gasteiger partial charge < -0.3 is 10.2 Å². The summed E-state index contributed by atoms with van der Waals surface area (Å²) in [6.07, 6.45) is 0. The molecule has 0 aliphatic rings. The molecule has 194 valence electrons. The Morgan fingerprint density at radius 1 is 1.00 bits per heavy atom. The van der Waals surface area contributed by atoms with Gasteiger partial charge in [-0.2, -0.15) is 0 Å². The quantitative estimate of drug-likeness (QED) is 0.320. The van der Waals surface area contributed by atoms with Crippen molar-refractivity contribution in [2.45, 2.75) is 31.3 Å². The van der Waals surface area contributed by atoms with Crippen molar-refractivity contribution in [3.63, 3.8) is 0 Å². The van der Waals surface area contributed by atoms with Gasteiger partial charge in [0.15, 0.2) is 0 Å². The number of nitrogens with zero attached hydrogens (tertiary/aromatic N) is 3. The first kappa shape index (κ1) is 27.3. The van der Waals surface area contributed by atoms with Crippen LogP contribution in [0, 0.1) is 17.0 Å². The van der Waals surface area contributed by atoms with E-state index in [-0.39, 0.29) is 22.8 Å². The van der Waals surface area contributed by atoms with Crippen molar-refractivity contribution >= 4 is 33.2 Å². The summed E-state index contributed by atoms with van der Waals surface area (Å²) in [4.78, 5) is 37.9. The van der Waals surface area contributed by atoms with Crippen LogP contribution in [-0.2, 0) is 26.2 Å². The second-order valence-electron chi connectivity index (χ2n) is 8.40. The van der Waals surface area contributed by atoms with Gasteiger partial charge in [0, 0.05) is 25.7 Å². The Hall–Kier alpha value is -4.25. The summed E-state index contributed by atoms with van der Waals surface area (Å²) in [5.41, 5.74) is 1.60. The fraction of sp³-hybridized carbons (Fsp3) is 0.231. The van der Waals surface area contributed by atoms with Crippen molar-refractivity contribution in [1.29, 1.82) is 0 Å². The van der Waals surface area contributed by atoms with Gasteiger partial charge in [0.1, 0.15) is 12.6 Å². The molecule has 1 atom stereocenters. The van der Waals surface area contributed by atoms with E-state index in [0.29, 0.717) is 0 Å². The second-order valence-corrected chi connectivity index (χ2v) is 10.3. The van der Waals surface area contributed by atoms with Crippen molar-refractivity contribution in [2.75, 3.05) is 17.9 Å². The molecule has 1 N–H and O–H groups in total. The highest BCUT2D eigenvalue weighted by molar-refractivity contribution is 7.92. The summed E-state index contributed by atoms with van der Waals surface area (Å²) in [6.45, 7) is 2.92. The van der Waals surface area contributed by atoms with E-state index >= 15 is 0 Å². The maximum atomic E-state index is 13.7. The molecule has 0 unspecified atom stereocenters. The monoisotopic (exact) mass is 524 g/mol. The number of non-ortho nitro benzene ring substituents is 1. The number of anilines is 1. The van der Waals surface area contributed by atoms with Gasteiger partial charge in [-0.15, -0.1) is 0 Å². The zero-order valence-electron chi connectivity index (χ0n) is 20.7. The number of amides is 2. The standard InChI is InChI=1S/C26H28N4O6S/c1-19-8-7-9-21(16-19)17-28(20(2)26(32)27-3)25(31)18-29(22-12-14-23(15-13-22)30(33)34)37(35,36)24-10-5-4-6-11-24/h4-16,20H,17-18H2,1-3H3,(H,27,32)/t20-/m1/s1. The minimum atomic E-state index is -4.23. The Labute approximate surface area is 215 Å². The predicted octanol–water partition coefficient (Wildman–Crippen LogP) is 3.26. The molecule has 3 rings (SSSR count). The maximum Gasteiger partial charge on any atom is 0.269 e. The molecule has 0 aromatic heterocycles. The second kappa shape index (κ2) is 11.7. The van der Waals surface area contributed by atoms with E-state index in [1.165, 1.54) is 48.3 Å². The van der Waals surface area contributed by atoms with E-state index in [1.807, 2.05) is 31.2 Å². The Morgan fingerprint density at radius 2 is 1.65 bits per heavy atom. The van der Waals surface area contributed by atoms with Crippen LogP contribution < -0.4 is 9.62 Å². The largest absolute Gasteiger partial charge is 0.357 e. The van der Waals surface area contributed by atoms with Gasteiger partial charge >= 0.3 is 0 Å². The van der Waals surface area contributed by atoms with E-state index < -0.39 is 39.3 Å². The normalized spacial score (nSPS) is 11.9. The highest BCUT2D eigenvalue weighted by Gasteiger charge is 2.32. The number of nitro benzene ring substituents is 1. The van der Waals surface area contributed by atoms with Crippen molar-refractivity contribution in [3.8, 4) is 0 Å². The minimum absolute atomic E-state index is 0.0502. The summed E-state index contributed by atoms with van der Waals surface area (Å²) in [6, 6.07) is 19.0. The molecule has 0 aliphatic carbocycles. The van der Waals surface area contributed by atoms with E-state index in [1.54, 1.807) is 25.1 Å². The van der Waals surface area contributed by atoms with Gasteiger partial charge in [-0.05, 0) is 43.7 Å². The van der Waals surface area contributed by atoms with Crippen molar-refractivity contribution in [2.24, 2.45) is 0 Å². The number of aryl methyl sites for hydroxylation is 1. The highest BCUT2D eigenvalue weighted by atomic mass is 32.2. The van der Waals surface area contributed by atoms with E-state index in [2.05, 4.69) is 5.32 Å². The molecule has 0 heterocycles. The van der Waals surface area contributed by atoms with Crippen LogP contribution >= 0.6 is 0 Å². The molecule has 11 heteroatoms. The molecule has 0 saturated carbocycles. The lowest BCUT2D eigenvalue weighted by molar-refractivity contribution is -0.384. The summed E-state index contributed by atoms with van der Waals surface area (Å²) in [7, 11) is -2.78. The van der Waals surface area contributed by atoms with Gasteiger partial charge in [0.2, 0.25) is 11.8 Å². The van der Waals surface area contributed by atoms with Gasteiger partial charge in [0.25, 0.3) is 15.7 Å². The number of benzene rings is 3. The summed E-state index contributed by atoms with van der Waals surface area (Å²) < 4.78 is 28.1. The van der Waals surface area contributed by atoms with Crippen LogP contribution in [-0.4, -0.2) is 49.7 Å². The zero-order chi connectivity index (χ0) is 27.2. The molecule has 3 aromatic rings. The first-order valence-electron chi connectivity index (χ1n) is 11.4. The summed E-state index contributed by atoms with van der Waals surface area (Å²) >= 11 is 0. The Morgan fingerprint density at radius 3 is 2.22 bits per heavy atom. The van der Waals surface area contributed by atoms with Crippen LogP contribution in [0.25, 0.3) is 0 Å². The molecule has 10 nitrogen and oxygen atoms in total. The predicted molar refractivity (Wildman–Crippen MR) is 139 cm³/mol. The lowest BCUT2D eigenvalue weighted by Crippen LogP contribution is -2.50. The number of rotatable bonds is 10. The molecule has 0 bridgehead atoms. The van der Waals surface area contributed by atoms with E-state index in [4.69, 9.17) is 0 Å². The molecule has 3 aromatic carbocycles. The first-order chi connectivity index (χ1) is 17.5. The van der Waals surface area contributed by atoms with Gasteiger partial charge in [-0.1, -0.05) is 48.0 Å². The molecule has 2 amide bonds. The summed E-state index contributed by atoms with van der Waals surface area (Å²) in [5.74, 6) is -1.02. The van der Waals surface area contributed by atoms with Crippen molar-refractivity contribution in [3.05, 3.63) is 100 Å². The fourth-order valence-corrected chi connectivity index (χ4v) is 5.22. The molecule has 0 fully saturated rings. The SMILES string of the molecule is CNC(=O)[C@@H](C)N(Cc1cccc(C)c1)C(=O)CN(c1ccc([N+](=O)[O-])cc1)S(=O)(=O)c1ccccc1. The van der Waals surface area contributed by atoms with E-state index in [0.717, 1.165) is 15.4 Å². The van der Waals surface area contributed by atoms with Crippen LogP contribution in [0.3, 0.4) is 0 Å². The Balaban J connectivity index is 2.04. The topological polar surface area (TPSA) is 130 Å². The molecular formula is C26H28N4O6S. The highest BCUT2D eigenvalue weighted by Crippen LogP contribution is 2.26. The summed E-state index contributed by atoms with van der Waals surface area (Å²) in [5, 5.41) is 13.6.